The van der Waals surface area contributed by atoms with Gasteiger partial charge in [-0.2, -0.15) is 0 Å². The van der Waals surface area contributed by atoms with Gasteiger partial charge in [-0.3, -0.25) is 4.79 Å². The second-order valence-corrected chi connectivity index (χ2v) is 6.46. The number of nitrogens with zero attached hydrogens (tertiary/aromatic N) is 2. The lowest BCUT2D eigenvalue weighted by molar-refractivity contribution is 0.0782. The van der Waals surface area contributed by atoms with Crippen LogP contribution in [0.3, 0.4) is 0 Å². The van der Waals surface area contributed by atoms with Crippen molar-refractivity contribution in [2.45, 2.75) is 6.42 Å². The van der Waals surface area contributed by atoms with E-state index in [9.17, 15) is 13.6 Å². The highest BCUT2D eigenvalue weighted by Crippen LogP contribution is 2.29. The molecule has 1 aromatic heterocycles. The highest BCUT2D eigenvalue weighted by molar-refractivity contribution is 7.13. The summed E-state index contributed by atoms with van der Waals surface area (Å²) in [6.07, 6.45) is 0.950. The molecule has 2 heterocycles. The number of hydrogen-bond donors (Lipinski definition) is 1. The Morgan fingerprint density at radius 3 is 2.87 bits per heavy atom. The monoisotopic (exact) mass is 337 g/mol. The van der Waals surface area contributed by atoms with Crippen LogP contribution in [0.1, 0.15) is 16.9 Å². The standard InChI is InChI=1S/C16H17F2N3OS/c1-19-7-10-5-6-21(8-10)16(22)13-9-23-15(20-13)14-11(17)3-2-4-12(14)18/h2-4,9-10,19H,5-8H2,1H3/t10-/m1/s1. The molecule has 2 aromatic rings. The Labute approximate surface area is 137 Å². The summed E-state index contributed by atoms with van der Waals surface area (Å²) in [5.41, 5.74) is 0.0730. The maximum atomic E-state index is 13.8. The van der Waals surface area contributed by atoms with Crippen molar-refractivity contribution in [1.29, 1.82) is 0 Å². The number of likely N-dealkylation sites (tertiary alicyclic amines) is 1. The topological polar surface area (TPSA) is 45.2 Å². The van der Waals surface area contributed by atoms with Crippen LogP contribution in [-0.4, -0.2) is 42.5 Å². The first-order valence-corrected chi connectivity index (χ1v) is 8.32. The number of nitrogens with one attached hydrogen (secondary N) is 1. The van der Waals surface area contributed by atoms with E-state index in [1.165, 1.54) is 18.2 Å². The molecular weight excluding hydrogens is 320 g/mol. The summed E-state index contributed by atoms with van der Waals surface area (Å²) < 4.78 is 27.6. The molecule has 0 spiro atoms. The average Bonchev–Trinajstić information content (AvgIpc) is 3.16. The van der Waals surface area contributed by atoms with Crippen LogP contribution >= 0.6 is 11.3 Å². The molecular formula is C16H17F2N3OS. The largest absolute Gasteiger partial charge is 0.337 e. The Balaban J connectivity index is 1.78. The Morgan fingerprint density at radius 1 is 1.43 bits per heavy atom. The van der Waals surface area contributed by atoms with E-state index >= 15 is 0 Å². The van der Waals surface area contributed by atoms with Gasteiger partial charge in [-0.1, -0.05) is 6.07 Å². The molecule has 0 saturated carbocycles. The molecule has 1 aliphatic heterocycles. The fourth-order valence-corrected chi connectivity index (χ4v) is 3.66. The van der Waals surface area contributed by atoms with Gasteiger partial charge in [0, 0.05) is 18.5 Å². The minimum atomic E-state index is -0.673. The normalized spacial score (nSPS) is 17.7. The molecule has 3 rings (SSSR count). The van der Waals surface area contributed by atoms with E-state index in [0.29, 0.717) is 19.0 Å². The van der Waals surface area contributed by atoms with Crippen LogP contribution in [0.25, 0.3) is 10.6 Å². The predicted octanol–water partition coefficient (Wildman–Crippen LogP) is 2.77. The summed E-state index contributed by atoms with van der Waals surface area (Å²) in [4.78, 5) is 18.4. The van der Waals surface area contributed by atoms with E-state index < -0.39 is 11.6 Å². The molecule has 1 saturated heterocycles. The van der Waals surface area contributed by atoms with Gasteiger partial charge in [0.15, 0.2) is 0 Å². The molecule has 1 N–H and O–H groups in total. The van der Waals surface area contributed by atoms with Crippen molar-refractivity contribution in [1.82, 2.24) is 15.2 Å². The third kappa shape index (κ3) is 3.25. The van der Waals surface area contributed by atoms with E-state index in [2.05, 4.69) is 10.3 Å². The molecule has 7 heteroatoms. The minimum absolute atomic E-state index is 0.175. The van der Waals surface area contributed by atoms with Crippen LogP contribution in [0.2, 0.25) is 0 Å². The van der Waals surface area contributed by atoms with Gasteiger partial charge in [-0.15, -0.1) is 11.3 Å². The maximum absolute atomic E-state index is 13.8. The quantitative estimate of drug-likeness (QED) is 0.933. The highest BCUT2D eigenvalue weighted by atomic mass is 32.1. The van der Waals surface area contributed by atoms with Gasteiger partial charge in [0.05, 0.1) is 5.56 Å². The van der Waals surface area contributed by atoms with Crippen LogP contribution in [-0.2, 0) is 0 Å². The van der Waals surface area contributed by atoms with Crippen molar-refractivity contribution in [3.8, 4) is 10.6 Å². The first kappa shape index (κ1) is 16.0. The van der Waals surface area contributed by atoms with Crippen LogP contribution in [0.15, 0.2) is 23.6 Å². The number of aromatic nitrogens is 1. The second kappa shape index (κ2) is 6.72. The van der Waals surface area contributed by atoms with Crippen molar-refractivity contribution < 1.29 is 13.6 Å². The Morgan fingerprint density at radius 2 is 2.17 bits per heavy atom. The first-order chi connectivity index (χ1) is 11.1. The number of carbonyl (C=O) groups excluding carboxylic acids is 1. The lowest BCUT2D eigenvalue weighted by atomic mass is 10.1. The lowest BCUT2D eigenvalue weighted by Crippen LogP contribution is -2.30. The van der Waals surface area contributed by atoms with Crippen LogP contribution in [0, 0.1) is 17.6 Å². The molecule has 1 aliphatic rings. The number of thiazole rings is 1. The van der Waals surface area contributed by atoms with Gasteiger partial charge in [0.2, 0.25) is 0 Å². The molecule has 23 heavy (non-hydrogen) atoms. The molecule has 122 valence electrons. The number of carbonyl (C=O) groups is 1. The van der Waals surface area contributed by atoms with E-state index in [4.69, 9.17) is 0 Å². The molecule has 0 aliphatic carbocycles. The Kier molecular flexibility index (Phi) is 4.68. The summed E-state index contributed by atoms with van der Waals surface area (Å²) in [7, 11) is 1.89. The first-order valence-electron chi connectivity index (χ1n) is 7.44. The summed E-state index contributed by atoms with van der Waals surface area (Å²) in [5.74, 6) is -1.09. The number of halogens is 2. The zero-order chi connectivity index (χ0) is 16.4. The molecule has 1 atom stereocenters. The Hall–Kier alpha value is -1.86. The minimum Gasteiger partial charge on any atom is -0.337 e. The van der Waals surface area contributed by atoms with Crippen LogP contribution < -0.4 is 5.32 Å². The summed E-state index contributed by atoms with van der Waals surface area (Å²) >= 11 is 1.08. The lowest BCUT2D eigenvalue weighted by Gasteiger charge is -2.15. The summed E-state index contributed by atoms with van der Waals surface area (Å²) in [6, 6.07) is 3.67. The molecule has 1 fully saturated rings. The van der Waals surface area contributed by atoms with E-state index in [-0.39, 0.29) is 22.2 Å². The molecule has 1 aromatic carbocycles. The van der Waals surface area contributed by atoms with Gasteiger partial charge in [-0.05, 0) is 38.1 Å². The molecule has 4 nitrogen and oxygen atoms in total. The van der Waals surface area contributed by atoms with Gasteiger partial charge in [0.25, 0.3) is 5.91 Å². The fraction of sp³-hybridized carbons (Fsp3) is 0.375. The summed E-state index contributed by atoms with van der Waals surface area (Å²) in [5, 5.41) is 4.87. The zero-order valence-corrected chi connectivity index (χ0v) is 13.5. The average molecular weight is 337 g/mol. The third-order valence-electron chi connectivity index (χ3n) is 3.97. The molecule has 1 amide bonds. The van der Waals surface area contributed by atoms with Crippen LogP contribution in [0.4, 0.5) is 8.78 Å². The van der Waals surface area contributed by atoms with Crippen molar-refractivity contribution in [3.05, 3.63) is 40.9 Å². The molecule has 0 bridgehead atoms. The van der Waals surface area contributed by atoms with Crippen molar-refractivity contribution in [2.24, 2.45) is 5.92 Å². The van der Waals surface area contributed by atoms with Gasteiger partial charge >= 0.3 is 0 Å². The van der Waals surface area contributed by atoms with Crippen molar-refractivity contribution in [3.63, 3.8) is 0 Å². The number of rotatable bonds is 4. The number of amides is 1. The van der Waals surface area contributed by atoms with Crippen molar-refractivity contribution in [2.75, 3.05) is 26.7 Å². The highest BCUT2D eigenvalue weighted by Gasteiger charge is 2.28. The zero-order valence-electron chi connectivity index (χ0n) is 12.7. The van der Waals surface area contributed by atoms with Gasteiger partial charge < -0.3 is 10.2 Å². The predicted molar refractivity (Wildman–Crippen MR) is 85.4 cm³/mol. The summed E-state index contributed by atoms with van der Waals surface area (Å²) in [6.45, 7) is 2.24. The Bertz CT molecular complexity index is 699. The maximum Gasteiger partial charge on any atom is 0.273 e. The van der Waals surface area contributed by atoms with E-state index in [0.717, 1.165) is 24.3 Å². The van der Waals surface area contributed by atoms with Crippen molar-refractivity contribution >= 4 is 17.2 Å². The number of hydrogen-bond acceptors (Lipinski definition) is 4. The van der Waals surface area contributed by atoms with Crippen LogP contribution in [0.5, 0.6) is 0 Å². The molecule has 0 radical (unpaired) electrons. The van der Waals surface area contributed by atoms with E-state index in [1.54, 1.807) is 10.3 Å². The third-order valence-corrected chi connectivity index (χ3v) is 4.83. The molecule has 0 unspecified atom stereocenters. The number of benzene rings is 1. The van der Waals surface area contributed by atoms with Gasteiger partial charge in [-0.25, -0.2) is 13.8 Å². The fourth-order valence-electron chi connectivity index (χ4n) is 2.82. The smallest absolute Gasteiger partial charge is 0.273 e. The SMILES string of the molecule is CNC[C@H]1CCN(C(=O)c2csc(-c3c(F)cccc3F)n2)C1. The second-order valence-electron chi connectivity index (χ2n) is 5.60. The van der Waals surface area contributed by atoms with E-state index in [1.807, 2.05) is 7.05 Å². The van der Waals surface area contributed by atoms with Gasteiger partial charge in [0.1, 0.15) is 22.3 Å².